The fourth-order valence-corrected chi connectivity index (χ4v) is 3.50. The van der Waals surface area contributed by atoms with Crippen molar-refractivity contribution in [2.45, 2.75) is 32.6 Å². The second-order valence-corrected chi connectivity index (χ2v) is 7.61. The summed E-state index contributed by atoms with van der Waals surface area (Å²) in [4.78, 5) is 40.0. The van der Waals surface area contributed by atoms with Gasteiger partial charge in [-0.3, -0.25) is 14.4 Å². The van der Waals surface area contributed by atoms with E-state index in [1.165, 1.54) is 12.0 Å². The van der Waals surface area contributed by atoms with Gasteiger partial charge in [-0.15, -0.1) is 0 Å². The van der Waals surface area contributed by atoms with Gasteiger partial charge in [0, 0.05) is 32.6 Å². The number of piperidine rings is 1. The molecule has 1 atom stereocenters. The number of carbonyl (C=O) groups excluding carboxylic acids is 3. The molecule has 0 spiro atoms. The average Bonchev–Trinajstić information content (AvgIpc) is 2.81. The van der Waals surface area contributed by atoms with Crippen LogP contribution in [0.15, 0.2) is 18.2 Å². The molecule has 1 heterocycles. The molecule has 9 heteroatoms. The number of ether oxygens (including phenoxy) is 3. The molecule has 1 unspecified atom stereocenters. The smallest absolute Gasteiger partial charge is 0.310 e. The molecule has 9 nitrogen and oxygen atoms in total. The van der Waals surface area contributed by atoms with Crippen molar-refractivity contribution in [2.75, 3.05) is 47.0 Å². The highest BCUT2D eigenvalue weighted by Gasteiger charge is 2.30. The van der Waals surface area contributed by atoms with Crippen LogP contribution < -0.4 is 9.47 Å². The van der Waals surface area contributed by atoms with E-state index in [-0.39, 0.29) is 36.7 Å². The summed E-state index contributed by atoms with van der Waals surface area (Å²) in [5.74, 6) is 0.0592. The van der Waals surface area contributed by atoms with Crippen LogP contribution in [-0.4, -0.2) is 74.6 Å². The largest absolute Gasteiger partial charge is 0.493 e. The summed E-state index contributed by atoms with van der Waals surface area (Å²) < 4.78 is 15.9. The number of benzene rings is 1. The Kier molecular flexibility index (Phi) is 9.79. The number of nitrogens with zero attached hydrogens (tertiary/aromatic N) is 3. The molecule has 2 amide bonds. The van der Waals surface area contributed by atoms with Crippen molar-refractivity contribution in [2.24, 2.45) is 5.92 Å². The molecule has 0 aliphatic carbocycles. The number of hydrogen-bond donors (Lipinski definition) is 0. The van der Waals surface area contributed by atoms with Crippen LogP contribution in [0.25, 0.3) is 0 Å². The molecule has 1 aromatic rings. The van der Waals surface area contributed by atoms with E-state index in [1.807, 2.05) is 6.07 Å². The Morgan fingerprint density at radius 3 is 2.75 bits per heavy atom. The van der Waals surface area contributed by atoms with Crippen LogP contribution in [0.5, 0.6) is 11.5 Å². The molecule has 1 fully saturated rings. The second kappa shape index (κ2) is 12.5. The SMILES string of the molecule is CCOC(=O)C1CCCN(C(=O)CN(C)C(=O)CCCOc2ccc(C#N)cc2OC)C1. The van der Waals surface area contributed by atoms with E-state index in [2.05, 4.69) is 0 Å². The summed E-state index contributed by atoms with van der Waals surface area (Å²) in [6, 6.07) is 6.92. The molecule has 1 saturated heterocycles. The molecule has 0 aromatic heterocycles. The summed E-state index contributed by atoms with van der Waals surface area (Å²) in [6.45, 7) is 3.26. The van der Waals surface area contributed by atoms with Gasteiger partial charge in [0.2, 0.25) is 11.8 Å². The highest BCUT2D eigenvalue weighted by Crippen LogP contribution is 2.28. The Hall–Kier alpha value is -3.28. The fourth-order valence-electron chi connectivity index (χ4n) is 3.50. The van der Waals surface area contributed by atoms with Gasteiger partial charge in [0.25, 0.3) is 0 Å². The van der Waals surface area contributed by atoms with Crippen LogP contribution >= 0.6 is 0 Å². The van der Waals surface area contributed by atoms with Gasteiger partial charge in [0.05, 0.1) is 44.4 Å². The Morgan fingerprint density at radius 2 is 2.06 bits per heavy atom. The van der Waals surface area contributed by atoms with Gasteiger partial charge >= 0.3 is 5.97 Å². The van der Waals surface area contributed by atoms with Crippen molar-refractivity contribution in [1.29, 1.82) is 5.26 Å². The van der Waals surface area contributed by atoms with E-state index >= 15 is 0 Å². The summed E-state index contributed by atoms with van der Waals surface area (Å²) >= 11 is 0. The highest BCUT2D eigenvalue weighted by atomic mass is 16.5. The van der Waals surface area contributed by atoms with E-state index < -0.39 is 0 Å². The quantitative estimate of drug-likeness (QED) is 0.400. The molecule has 0 saturated carbocycles. The van der Waals surface area contributed by atoms with Crippen LogP contribution in [0.3, 0.4) is 0 Å². The fraction of sp³-hybridized carbons (Fsp3) is 0.565. The van der Waals surface area contributed by atoms with Gasteiger partial charge in [-0.2, -0.15) is 5.26 Å². The zero-order valence-corrected chi connectivity index (χ0v) is 19.0. The number of likely N-dealkylation sites (N-methyl/N-ethyl adjacent to an activating group) is 1. The predicted octanol–water partition coefficient (Wildman–Crippen LogP) is 1.99. The van der Waals surface area contributed by atoms with Gasteiger partial charge in [-0.25, -0.2) is 0 Å². The van der Waals surface area contributed by atoms with E-state index in [1.54, 1.807) is 37.1 Å². The van der Waals surface area contributed by atoms with E-state index in [9.17, 15) is 14.4 Å². The lowest BCUT2D eigenvalue weighted by Gasteiger charge is -2.32. The lowest BCUT2D eigenvalue weighted by atomic mass is 9.98. The first-order chi connectivity index (χ1) is 15.4. The van der Waals surface area contributed by atoms with Gasteiger partial charge < -0.3 is 24.0 Å². The van der Waals surface area contributed by atoms with Crippen LogP contribution in [0.1, 0.15) is 38.2 Å². The molecular formula is C23H31N3O6. The predicted molar refractivity (Wildman–Crippen MR) is 116 cm³/mol. The van der Waals surface area contributed by atoms with Crippen molar-refractivity contribution in [3.05, 3.63) is 23.8 Å². The molecule has 1 aliphatic rings. The molecule has 0 bridgehead atoms. The minimum Gasteiger partial charge on any atom is -0.493 e. The maximum atomic E-state index is 12.6. The zero-order chi connectivity index (χ0) is 23.5. The van der Waals surface area contributed by atoms with Crippen molar-refractivity contribution in [1.82, 2.24) is 9.80 Å². The number of esters is 1. The van der Waals surface area contributed by atoms with E-state index in [4.69, 9.17) is 19.5 Å². The number of hydrogen-bond acceptors (Lipinski definition) is 7. The number of methoxy groups -OCH3 is 1. The van der Waals surface area contributed by atoms with Crippen LogP contribution in [0.2, 0.25) is 0 Å². The topological polar surface area (TPSA) is 109 Å². The van der Waals surface area contributed by atoms with Crippen molar-refractivity contribution >= 4 is 17.8 Å². The zero-order valence-electron chi connectivity index (χ0n) is 19.0. The average molecular weight is 446 g/mol. The summed E-state index contributed by atoms with van der Waals surface area (Å²) in [5, 5.41) is 8.94. The summed E-state index contributed by atoms with van der Waals surface area (Å²) in [5.41, 5.74) is 0.470. The van der Waals surface area contributed by atoms with E-state index in [0.29, 0.717) is 56.2 Å². The molecule has 1 aromatic carbocycles. The first-order valence-electron chi connectivity index (χ1n) is 10.8. The Bertz CT molecular complexity index is 851. The molecule has 0 radical (unpaired) electrons. The van der Waals surface area contributed by atoms with Gasteiger partial charge in [0.1, 0.15) is 0 Å². The van der Waals surface area contributed by atoms with Crippen molar-refractivity contribution in [3.63, 3.8) is 0 Å². The number of rotatable bonds is 10. The molecular weight excluding hydrogens is 414 g/mol. The van der Waals surface area contributed by atoms with Crippen LogP contribution in [0, 0.1) is 17.2 Å². The third-order valence-corrected chi connectivity index (χ3v) is 5.28. The summed E-state index contributed by atoms with van der Waals surface area (Å²) in [6.07, 6.45) is 2.15. The lowest BCUT2D eigenvalue weighted by Crippen LogP contribution is -2.47. The standard InChI is InChI=1S/C23H31N3O6/c1-4-31-23(29)18-7-5-11-26(15-18)22(28)16-25(2)21(27)8-6-12-32-19-10-9-17(14-24)13-20(19)30-3/h9-10,13,18H,4-8,11-12,15-16H2,1-3H3. The number of carbonyl (C=O) groups is 3. The van der Waals surface area contributed by atoms with E-state index in [0.717, 1.165) is 6.42 Å². The monoisotopic (exact) mass is 445 g/mol. The number of likely N-dealkylation sites (tertiary alicyclic amines) is 1. The lowest BCUT2D eigenvalue weighted by molar-refractivity contribution is -0.152. The van der Waals surface area contributed by atoms with Gasteiger partial charge in [-0.1, -0.05) is 0 Å². The Balaban J connectivity index is 1.75. The molecule has 0 N–H and O–H groups in total. The molecule has 1 aliphatic heterocycles. The molecule has 32 heavy (non-hydrogen) atoms. The minimum absolute atomic E-state index is 0.0291. The van der Waals surface area contributed by atoms with Crippen LogP contribution in [-0.2, 0) is 19.1 Å². The summed E-state index contributed by atoms with van der Waals surface area (Å²) in [7, 11) is 3.09. The third-order valence-electron chi connectivity index (χ3n) is 5.28. The highest BCUT2D eigenvalue weighted by molar-refractivity contribution is 5.85. The molecule has 2 rings (SSSR count). The van der Waals surface area contributed by atoms with Crippen molar-refractivity contribution < 1.29 is 28.6 Å². The normalized spacial score (nSPS) is 15.4. The van der Waals surface area contributed by atoms with Gasteiger partial charge in [-0.05, 0) is 38.3 Å². The van der Waals surface area contributed by atoms with Crippen molar-refractivity contribution in [3.8, 4) is 17.6 Å². The third kappa shape index (κ3) is 7.15. The second-order valence-electron chi connectivity index (χ2n) is 7.61. The molecule has 174 valence electrons. The number of amides is 2. The Labute approximate surface area is 188 Å². The maximum Gasteiger partial charge on any atom is 0.310 e. The van der Waals surface area contributed by atoms with Gasteiger partial charge in [0.15, 0.2) is 11.5 Å². The minimum atomic E-state index is -0.301. The van der Waals surface area contributed by atoms with Crippen LogP contribution in [0.4, 0.5) is 0 Å². The Morgan fingerprint density at radius 1 is 1.28 bits per heavy atom. The first-order valence-corrected chi connectivity index (χ1v) is 10.8. The first kappa shape index (κ1) is 25.0. The number of nitriles is 1. The maximum absolute atomic E-state index is 12.6.